The summed E-state index contributed by atoms with van der Waals surface area (Å²) in [6.45, 7) is 13.0. The first-order valence-corrected chi connectivity index (χ1v) is 47.1. The van der Waals surface area contributed by atoms with Gasteiger partial charge in [-0.1, -0.05) is 421 Å². The van der Waals surface area contributed by atoms with E-state index in [2.05, 4.69) is 27.7 Å². The summed E-state index contributed by atoms with van der Waals surface area (Å²) in [5.41, 5.74) is 0. The molecule has 0 radical (unpaired) electrons. The van der Waals surface area contributed by atoms with Gasteiger partial charge in [-0.15, -0.1) is 0 Å². The molecule has 0 aromatic carbocycles. The average molecular weight is 1560 g/mol. The lowest BCUT2D eigenvalue weighted by Gasteiger charge is -2.46. The van der Waals surface area contributed by atoms with Crippen LogP contribution in [0.3, 0.4) is 0 Å². The van der Waals surface area contributed by atoms with Gasteiger partial charge in [0, 0.05) is 6.42 Å². The summed E-state index contributed by atoms with van der Waals surface area (Å²) in [4.78, 5) is 56.0. The number of unbranched alkanes of at least 4 members (excludes halogenated alkanes) is 55. The molecule has 4 N–H and O–H groups in total. The van der Waals surface area contributed by atoms with Crippen molar-refractivity contribution in [2.24, 2.45) is 17.8 Å². The lowest BCUT2D eigenvalue weighted by molar-refractivity contribution is -0.374. The summed E-state index contributed by atoms with van der Waals surface area (Å²) in [5, 5.41) is 35.6. The molecule has 0 saturated carbocycles. The zero-order chi connectivity index (χ0) is 78.9. The predicted molar refractivity (Wildman–Crippen MR) is 436 cm³/mol. The Morgan fingerprint density at radius 2 is 0.565 bits per heavy atom. The van der Waals surface area contributed by atoms with Crippen molar-refractivity contribution in [3.05, 3.63) is 0 Å². The number of rotatable bonds is 76. The van der Waals surface area contributed by atoms with Crippen molar-refractivity contribution in [1.29, 1.82) is 0 Å². The van der Waals surface area contributed by atoms with E-state index < -0.39 is 127 Å². The topological polar surface area (TPSA) is 257 Å². The van der Waals surface area contributed by atoms with E-state index in [0.29, 0.717) is 25.7 Å². The summed E-state index contributed by atoms with van der Waals surface area (Å²) >= 11 is 0. The number of ether oxygens (including phenoxy) is 7. The summed E-state index contributed by atoms with van der Waals surface area (Å²) in [7, 11) is -5.43. The largest absolute Gasteiger partial charge is 0.463 e. The van der Waals surface area contributed by atoms with Crippen LogP contribution < -0.4 is 0 Å². The van der Waals surface area contributed by atoms with Crippen molar-refractivity contribution in [2.45, 2.75) is 514 Å². The Bertz CT molecular complexity index is 2220. The smallest absolute Gasteiger partial charge is 0.397 e. The van der Waals surface area contributed by atoms with Crippen LogP contribution in [0.4, 0.5) is 0 Å². The summed E-state index contributed by atoms with van der Waals surface area (Å²) in [6.07, 6.45) is 52.4. The molecular formula is C89H168O18S. The van der Waals surface area contributed by atoms with Crippen LogP contribution in [0.2, 0.25) is 0 Å². The van der Waals surface area contributed by atoms with Gasteiger partial charge in [-0.25, -0.2) is 4.18 Å². The molecule has 0 unspecified atom stereocenters. The molecule has 0 aliphatic carbocycles. The summed E-state index contributed by atoms with van der Waals surface area (Å²) in [5.74, 6) is -4.33. The molecule has 0 spiro atoms. The maximum absolute atomic E-state index is 14.4. The Hall–Kier alpha value is -2.49. The van der Waals surface area contributed by atoms with Crippen LogP contribution in [0.15, 0.2) is 0 Å². The Labute approximate surface area is 661 Å². The number of hydrogen-bond acceptors (Lipinski definition) is 17. The van der Waals surface area contributed by atoms with Gasteiger partial charge in [0.2, 0.25) is 6.29 Å². The fourth-order valence-electron chi connectivity index (χ4n) is 15.3. The molecule has 638 valence electrons. The quantitative estimate of drug-likeness (QED) is 0.0191. The van der Waals surface area contributed by atoms with Gasteiger partial charge < -0.3 is 48.5 Å². The van der Waals surface area contributed by atoms with Gasteiger partial charge in [0.1, 0.15) is 43.7 Å². The zero-order valence-electron chi connectivity index (χ0n) is 70.4. The number of esters is 4. The van der Waals surface area contributed by atoms with Gasteiger partial charge in [0.05, 0.1) is 17.8 Å². The third-order valence-corrected chi connectivity index (χ3v) is 23.2. The molecule has 2 heterocycles. The second kappa shape index (κ2) is 68.9. The highest BCUT2D eigenvalue weighted by Gasteiger charge is 2.55. The average Bonchev–Trinajstić information content (AvgIpc) is 0.776. The second-order valence-electron chi connectivity index (χ2n) is 33.1. The number of carbonyl (C=O) groups excluding carboxylic acids is 4. The normalized spacial score (nSPS) is 21.2. The molecule has 0 bridgehead atoms. The number of aliphatic hydroxyl groups excluding tert-OH is 3. The molecule has 18 nitrogen and oxygen atoms in total. The van der Waals surface area contributed by atoms with Crippen molar-refractivity contribution < 1.29 is 84.8 Å². The van der Waals surface area contributed by atoms with Crippen LogP contribution in [0.5, 0.6) is 0 Å². The van der Waals surface area contributed by atoms with E-state index >= 15 is 0 Å². The summed E-state index contributed by atoms with van der Waals surface area (Å²) in [6, 6.07) is 0. The molecule has 2 aliphatic rings. The zero-order valence-corrected chi connectivity index (χ0v) is 71.2. The predicted octanol–water partition coefficient (Wildman–Crippen LogP) is 23.2. The number of carbonyl (C=O) groups is 4. The first-order chi connectivity index (χ1) is 52.4. The fraction of sp³-hybridized carbons (Fsp3) is 0.955. The fourth-order valence-corrected chi connectivity index (χ4v) is 15.8. The van der Waals surface area contributed by atoms with Crippen molar-refractivity contribution in [2.75, 3.05) is 13.2 Å². The second-order valence-corrected chi connectivity index (χ2v) is 34.1. The van der Waals surface area contributed by atoms with Crippen LogP contribution >= 0.6 is 0 Å². The Kier molecular flexibility index (Phi) is 64.8. The van der Waals surface area contributed by atoms with E-state index in [9.17, 15) is 47.5 Å². The molecule has 13 atom stereocenters. The molecule has 2 rings (SSSR count). The Morgan fingerprint density at radius 3 is 0.852 bits per heavy atom. The van der Waals surface area contributed by atoms with Crippen LogP contribution in [-0.2, 0) is 66.9 Å². The summed E-state index contributed by atoms with van der Waals surface area (Å²) < 4.78 is 83.2. The van der Waals surface area contributed by atoms with Gasteiger partial charge in [-0.05, 0) is 25.7 Å². The van der Waals surface area contributed by atoms with Crippen molar-refractivity contribution in [3.8, 4) is 0 Å². The van der Waals surface area contributed by atoms with Crippen molar-refractivity contribution >= 4 is 34.3 Å². The van der Waals surface area contributed by atoms with Crippen LogP contribution in [0.1, 0.15) is 453 Å². The molecule has 0 amide bonds. The molecule has 0 aromatic rings. The standard InChI is InChI=1S/C89H168O18S/c1-8-12-16-20-24-28-32-36-39-41-45-47-51-55-59-63-67-73(5)85(94)100-71-76-79(91)81(93)83(107-108(97,98)99)88(102-76)106-89-84(104-78(90)70-66-62-58-54-50-43-35-31-27-23-19-15-11-4)82(105-87(96)75(7)69-65-61-57-53-49-44-38-34-30-26-22-18-14-10-3)80(92)77(103-89)72-101-86(95)74(6)68-64-60-56-52-48-46-42-40-37-33-29-25-21-17-13-9-2/h73-77,79-84,88-89,91-93H,8-72H2,1-7H3,(H,97,98,99)/t73-,74-,75-,76+,77+,79+,80+,81-,82-,83+,84+,88+,89+/m0/s1. The third-order valence-electron chi connectivity index (χ3n) is 22.7. The number of aliphatic hydroxyl groups is 3. The SMILES string of the molecule is CCCCCCCCCCCCCCCCCC[C@H](C)C(=O)OC[C@H]1O[C@H](O[C@H]2O[C@H](COC(=O)[C@@H](C)CCCCCCCCCCCCCCCCCC)[C@@H](O)[C@H](OC(=O)[C@@H](C)CCCCCCCCCCCCCCCC)[C@H]2OC(=O)CCCCCCCCCCCCCCC)[C@H](OS(=O)(=O)O)[C@@H](O)[C@@H]1O. The van der Waals surface area contributed by atoms with Crippen LogP contribution in [-0.4, -0.2) is 127 Å². The van der Waals surface area contributed by atoms with Crippen LogP contribution in [0, 0.1) is 17.8 Å². The molecule has 108 heavy (non-hydrogen) atoms. The molecule has 0 aromatic heterocycles. The first-order valence-electron chi connectivity index (χ1n) is 45.8. The molecule has 2 fully saturated rings. The van der Waals surface area contributed by atoms with Crippen molar-refractivity contribution in [3.63, 3.8) is 0 Å². The third kappa shape index (κ3) is 52.8. The van der Waals surface area contributed by atoms with Gasteiger partial charge in [0.25, 0.3) is 0 Å². The minimum Gasteiger partial charge on any atom is -0.463 e. The van der Waals surface area contributed by atoms with Gasteiger partial charge >= 0.3 is 34.3 Å². The molecule has 2 saturated heterocycles. The number of hydrogen-bond donors (Lipinski definition) is 4. The molecule has 2 aliphatic heterocycles. The van der Waals surface area contributed by atoms with E-state index in [4.69, 9.17) is 37.3 Å². The lowest BCUT2D eigenvalue weighted by atomic mass is 9.96. The van der Waals surface area contributed by atoms with E-state index in [1.807, 2.05) is 0 Å². The van der Waals surface area contributed by atoms with Gasteiger partial charge in [-0.3, -0.25) is 23.7 Å². The monoisotopic (exact) mass is 1560 g/mol. The van der Waals surface area contributed by atoms with Crippen molar-refractivity contribution in [1.82, 2.24) is 0 Å². The highest BCUT2D eigenvalue weighted by molar-refractivity contribution is 7.80. The highest BCUT2D eigenvalue weighted by atomic mass is 32.3. The lowest BCUT2D eigenvalue weighted by Crippen LogP contribution is -2.65. The molecular weight excluding hydrogens is 1390 g/mol. The van der Waals surface area contributed by atoms with E-state index in [1.165, 1.54) is 257 Å². The van der Waals surface area contributed by atoms with E-state index in [1.54, 1.807) is 20.8 Å². The van der Waals surface area contributed by atoms with E-state index in [0.717, 1.165) is 116 Å². The highest BCUT2D eigenvalue weighted by Crippen LogP contribution is 2.35. The minimum atomic E-state index is -5.43. The van der Waals surface area contributed by atoms with Gasteiger partial charge in [0.15, 0.2) is 24.6 Å². The maximum Gasteiger partial charge on any atom is 0.397 e. The molecule has 19 heteroatoms. The Balaban J connectivity index is 2.32. The Morgan fingerprint density at radius 1 is 0.315 bits per heavy atom. The first kappa shape index (κ1) is 102. The van der Waals surface area contributed by atoms with E-state index in [-0.39, 0.29) is 6.42 Å². The van der Waals surface area contributed by atoms with Crippen LogP contribution in [0.25, 0.3) is 0 Å². The van der Waals surface area contributed by atoms with Gasteiger partial charge in [-0.2, -0.15) is 8.42 Å². The maximum atomic E-state index is 14.4. The minimum absolute atomic E-state index is 0.0731.